The SMILES string of the molecule is COC(=O)C1CCC[N+](CC(=O)Nc2c(C)cccc2C)(Cc2ccccc2)C1. The van der Waals surface area contributed by atoms with E-state index in [0.717, 1.165) is 42.7 Å². The number of hydrogen-bond acceptors (Lipinski definition) is 3. The van der Waals surface area contributed by atoms with Crippen molar-refractivity contribution in [3.8, 4) is 0 Å². The van der Waals surface area contributed by atoms with E-state index in [1.807, 2.05) is 50.2 Å². The lowest BCUT2D eigenvalue weighted by molar-refractivity contribution is -0.940. The van der Waals surface area contributed by atoms with E-state index in [4.69, 9.17) is 4.74 Å². The van der Waals surface area contributed by atoms with Crippen molar-refractivity contribution in [3.05, 3.63) is 65.2 Å². The number of quaternary nitrogens is 1. The Morgan fingerprint density at radius 2 is 1.76 bits per heavy atom. The summed E-state index contributed by atoms with van der Waals surface area (Å²) < 4.78 is 5.59. The van der Waals surface area contributed by atoms with Crippen LogP contribution < -0.4 is 5.32 Å². The Labute approximate surface area is 173 Å². The molecule has 5 nitrogen and oxygen atoms in total. The number of ether oxygens (including phenoxy) is 1. The Balaban J connectivity index is 1.83. The fourth-order valence-electron chi connectivity index (χ4n) is 4.49. The maximum absolute atomic E-state index is 13.1. The average molecular weight is 396 g/mol. The number of carbonyl (C=O) groups excluding carboxylic acids is 2. The normalized spacial score (nSPS) is 21.4. The summed E-state index contributed by atoms with van der Waals surface area (Å²) in [5.41, 5.74) is 4.17. The zero-order chi connectivity index (χ0) is 20.9. The summed E-state index contributed by atoms with van der Waals surface area (Å²) in [5.74, 6) is -0.343. The van der Waals surface area contributed by atoms with Gasteiger partial charge in [-0.25, -0.2) is 0 Å². The molecule has 5 heteroatoms. The molecule has 1 aliphatic heterocycles. The number of carbonyl (C=O) groups is 2. The first kappa shape index (κ1) is 21.1. The summed E-state index contributed by atoms with van der Waals surface area (Å²) in [6.45, 7) is 6.59. The predicted octanol–water partition coefficient (Wildman–Crippen LogP) is 3.84. The lowest BCUT2D eigenvalue weighted by atomic mass is 9.94. The second kappa shape index (κ2) is 9.23. The van der Waals surface area contributed by atoms with Crippen LogP contribution in [0, 0.1) is 19.8 Å². The van der Waals surface area contributed by atoms with Crippen LogP contribution in [-0.2, 0) is 20.9 Å². The van der Waals surface area contributed by atoms with Gasteiger partial charge < -0.3 is 14.5 Å². The molecule has 0 aromatic heterocycles. The first-order chi connectivity index (χ1) is 13.9. The number of aryl methyl sites for hydroxylation is 2. The number of benzene rings is 2. The van der Waals surface area contributed by atoms with Gasteiger partial charge in [0.1, 0.15) is 12.5 Å². The van der Waals surface area contributed by atoms with Gasteiger partial charge in [0.05, 0.1) is 20.2 Å². The Morgan fingerprint density at radius 1 is 1.07 bits per heavy atom. The van der Waals surface area contributed by atoms with Gasteiger partial charge in [0, 0.05) is 11.3 Å². The molecular weight excluding hydrogens is 364 g/mol. The molecule has 0 spiro atoms. The number of methoxy groups -OCH3 is 1. The topological polar surface area (TPSA) is 55.4 Å². The molecule has 2 aromatic rings. The van der Waals surface area contributed by atoms with Gasteiger partial charge in [-0.2, -0.15) is 0 Å². The number of amides is 1. The zero-order valence-electron chi connectivity index (χ0n) is 17.6. The minimum atomic E-state index is -0.171. The number of esters is 1. The predicted molar refractivity (Wildman–Crippen MR) is 114 cm³/mol. The van der Waals surface area contributed by atoms with Crippen molar-refractivity contribution < 1.29 is 18.8 Å². The van der Waals surface area contributed by atoms with Crippen molar-refractivity contribution in [3.63, 3.8) is 0 Å². The molecule has 1 saturated heterocycles. The van der Waals surface area contributed by atoms with Gasteiger partial charge in [0.2, 0.25) is 0 Å². The van der Waals surface area contributed by atoms with Crippen molar-refractivity contribution in [1.82, 2.24) is 0 Å². The first-order valence-corrected chi connectivity index (χ1v) is 10.3. The fraction of sp³-hybridized carbons (Fsp3) is 0.417. The van der Waals surface area contributed by atoms with Crippen molar-refractivity contribution in [1.29, 1.82) is 0 Å². The van der Waals surface area contributed by atoms with Crippen molar-refractivity contribution >= 4 is 17.6 Å². The van der Waals surface area contributed by atoms with E-state index in [9.17, 15) is 9.59 Å². The van der Waals surface area contributed by atoms with Crippen LogP contribution in [0.4, 0.5) is 5.69 Å². The van der Waals surface area contributed by atoms with E-state index in [2.05, 4.69) is 17.4 Å². The third kappa shape index (κ3) is 5.24. The Kier molecular flexibility index (Phi) is 6.70. The van der Waals surface area contributed by atoms with Gasteiger partial charge in [0.25, 0.3) is 5.91 Å². The molecule has 1 aliphatic rings. The standard InChI is InChI=1S/C24H30N2O3/c1-18-9-7-10-19(2)23(18)25-22(27)17-26(15-20-11-5-4-6-12-20)14-8-13-21(16-26)24(28)29-3/h4-7,9-12,21H,8,13-17H2,1-3H3/p+1. The van der Waals surface area contributed by atoms with E-state index in [-0.39, 0.29) is 17.8 Å². The molecule has 154 valence electrons. The minimum Gasteiger partial charge on any atom is -0.469 e. The lowest BCUT2D eigenvalue weighted by Crippen LogP contribution is -2.58. The van der Waals surface area contributed by atoms with Crippen molar-refractivity contribution in [2.45, 2.75) is 33.2 Å². The van der Waals surface area contributed by atoms with Crippen LogP contribution in [0.2, 0.25) is 0 Å². The molecule has 1 N–H and O–H groups in total. The highest BCUT2D eigenvalue weighted by molar-refractivity contribution is 5.93. The zero-order valence-corrected chi connectivity index (χ0v) is 17.6. The van der Waals surface area contributed by atoms with Crippen molar-refractivity contribution in [2.24, 2.45) is 5.92 Å². The summed E-state index contributed by atoms with van der Waals surface area (Å²) in [4.78, 5) is 25.3. The third-order valence-corrected chi connectivity index (χ3v) is 5.91. The van der Waals surface area contributed by atoms with Crippen LogP contribution in [0.5, 0.6) is 0 Å². The number of rotatable bonds is 6. The Bertz CT molecular complexity index is 845. The maximum atomic E-state index is 13.1. The van der Waals surface area contributed by atoms with Crippen molar-refractivity contribution in [2.75, 3.05) is 32.1 Å². The number of anilines is 1. The minimum absolute atomic E-state index is 0.0103. The molecule has 2 atom stereocenters. The molecule has 0 bridgehead atoms. The third-order valence-electron chi connectivity index (χ3n) is 5.91. The molecule has 0 radical (unpaired) electrons. The van der Waals surface area contributed by atoms with Gasteiger partial charge in [-0.05, 0) is 37.8 Å². The number of para-hydroxylation sites is 1. The summed E-state index contributed by atoms with van der Waals surface area (Å²) in [5, 5.41) is 3.12. The summed E-state index contributed by atoms with van der Waals surface area (Å²) in [6.07, 6.45) is 1.73. The molecule has 29 heavy (non-hydrogen) atoms. The quantitative estimate of drug-likeness (QED) is 0.597. The van der Waals surface area contributed by atoms with E-state index in [1.54, 1.807) is 0 Å². The monoisotopic (exact) mass is 395 g/mol. The highest BCUT2D eigenvalue weighted by atomic mass is 16.5. The number of nitrogens with zero attached hydrogens (tertiary/aromatic N) is 1. The molecule has 1 heterocycles. The van der Waals surface area contributed by atoms with Crippen LogP contribution in [0.25, 0.3) is 0 Å². The number of piperidine rings is 1. The Hall–Kier alpha value is -2.66. The highest BCUT2D eigenvalue weighted by Gasteiger charge is 2.40. The summed E-state index contributed by atoms with van der Waals surface area (Å²) in [7, 11) is 1.44. The first-order valence-electron chi connectivity index (χ1n) is 10.3. The lowest BCUT2D eigenvalue weighted by Gasteiger charge is -2.43. The van der Waals surface area contributed by atoms with Crippen LogP contribution in [-0.4, -0.2) is 43.1 Å². The smallest absolute Gasteiger partial charge is 0.314 e. The van der Waals surface area contributed by atoms with Gasteiger partial charge >= 0.3 is 5.97 Å². The maximum Gasteiger partial charge on any atom is 0.314 e. The number of nitrogens with one attached hydrogen (secondary N) is 1. The molecule has 1 fully saturated rings. The fourth-order valence-corrected chi connectivity index (χ4v) is 4.49. The highest BCUT2D eigenvalue weighted by Crippen LogP contribution is 2.28. The largest absolute Gasteiger partial charge is 0.469 e. The van der Waals surface area contributed by atoms with Crippen LogP contribution in [0.3, 0.4) is 0 Å². The molecule has 0 saturated carbocycles. The van der Waals surface area contributed by atoms with Gasteiger partial charge in [-0.3, -0.25) is 9.59 Å². The van der Waals surface area contributed by atoms with Gasteiger partial charge in [-0.1, -0.05) is 48.5 Å². The molecule has 2 unspecified atom stereocenters. The van der Waals surface area contributed by atoms with E-state index in [0.29, 0.717) is 17.6 Å². The van der Waals surface area contributed by atoms with E-state index < -0.39 is 0 Å². The van der Waals surface area contributed by atoms with Gasteiger partial charge in [0.15, 0.2) is 6.54 Å². The second-order valence-electron chi connectivity index (χ2n) is 8.23. The number of likely N-dealkylation sites (tertiary alicyclic amines) is 1. The van der Waals surface area contributed by atoms with Crippen LogP contribution in [0.1, 0.15) is 29.5 Å². The van der Waals surface area contributed by atoms with E-state index >= 15 is 0 Å². The number of hydrogen-bond donors (Lipinski definition) is 1. The Morgan fingerprint density at radius 3 is 2.41 bits per heavy atom. The van der Waals surface area contributed by atoms with E-state index in [1.165, 1.54) is 12.7 Å². The average Bonchev–Trinajstić information content (AvgIpc) is 2.71. The molecule has 3 rings (SSSR count). The summed E-state index contributed by atoms with van der Waals surface area (Å²) >= 11 is 0. The second-order valence-corrected chi connectivity index (χ2v) is 8.23. The van der Waals surface area contributed by atoms with Gasteiger partial charge in [-0.15, -0.1) is 0 Å². The van der Waals surface area contributed by atoms with Crippen LogP contribution >= 0.6 is 0 Å². The molecule has 0 aliphatic carbocycles. The summed E-state index contributed by atoms with van der Waals surface area (Å²) in [6, 6.07) is 16.2. The molecular formula is C24H31N2O3+. The molecule has 1 amide bonds. The molecule has 2 aromatic carbocycles. The van der Waals surface area contributed by atoms with Crippen LogP contribution in [0.15, 0.2) is 48.5 Å².